The predicted molar refractivity (Wildman–Crippen MR) is 134 cm³/mol. The van der Waals surface area contributed by atoms with Gasteiger partial charge in [0.15, 0.2) is 0 Å². The number of rotatable bonds is 6. The number of aryl methyl sites for hydroxylation is 1. The second-order valence-electron chi connectivity index (χ2n) is 9.73. The first-order valence-corrected chi connectivity index (χ1v) is 12.6. The number of carbonyl (C=O) groups excluding carboxylic acids is 2. The standard InChI is InChI=1S/C28H31FN2O2S/c1-28(2,3)31(25(32)14-9-20-7-5-4-6-8-20)19-26(33)30-17-15-24-23(16-18-34-24)27(30)21-10-12-22(29)13-11-21/h4-8,10-13,16,18,27H,9,14-15,17,19H2,1-3H3. The monoisotopic (exact) mass is 478 g/mol. The van der Waals surface area contributed by atoms with Gasteiger partial charge in [0.25, 0.3) is 0 Å². The van der Waals surface area contributed by atoms with Crippen LogP contribution < -0.4 is 0 Å². The van der Waals surface area contributed by atoms with Gasteiger partial charge >= 0.3 is 0 Å². The largest absolute Gasteiger partial charge is 0.330 e. The van der Waals surface area contributed by atoms with Gasteiger partial charge in [0.2, 0.25) is 11.8 Å². The minimum absolute atomic E-state index is 0.0221. The smallest absolute Gasteiger partial charge is 0.243 e. The van der Waals surface area contributed by atoms with E-state index in [9.17, 15) is 14.0 Å². The van der Waals surface area contributed by atoms with Gasteiger partial charge in [-0.2, -0.15) is 0 Å². The molecule has 2 heterocycles. The fraction of sp³-hybridized carbons (Fsp3) is 0.357. The van der Waals surface area contributed by atoms with Gasteiger partial charge in [0.1, 0.15) is 12.4 Å². The SMILES string of the molecule is CC(C)(C)N(CC(=O)N1CCc2sccc2C1c1ccc(F)cc1)C(=O)CCc1ccccc1. The molecule has 2 aromatic carbocycles. The van der Waals surface area contributed by atoms with Gasteiger partial charge in [-0.15, -0.1) is 11.3 Å². The summed E-state index contributed by atoms with van der Waals surface area (Å²) < 4.78 is 13.6. The summed E-state index contributed by atoms with van der Waals surface area (Å²) in [5.74, 6) is -0.420. The van der Waals surface area contributed by atoms with Crippen molar-refractivity contribution in [1.29, 1.82) is 0 Å². The summed E-state index contributed by atoms with van der Waals surface area (Å²) >= 11 is 1.69. The number of benzene rings is 2. The van der Waals surface area contributed by atoms with E-state index < -0.39 is 5.54 Å². The maximum Gasteiger partial charge on any atom is 0.243 e. The molecule has 0 bridgehead atoms. The van der Waals surface area contributed by atoms with Crippen LogP contribution in [0.25, 0.3) is 0 Å². The Bertz CT molecular complexity index is 1140. The minimum Gasteiger partial charge on any atom is -0.330 e. The average molecular weight is 479 g/mol. The molecular weight excluding hydrogens is 447 g/mol. The van der Waals surface area contributed by atoms with Crippen LogP contribution in [-0.4, -0.2) is 40.2 Å². The lowest BCUT2D eigenvalue weighted by atomic mass is 9.93. The molecule has 1 unspecified atom stereocenters. The third kappa shape index (κ3) is 5.39. The summed E-state index contributed by atoms with van der Waals surface area (Å²) in [6, 6.07) is 18.1. The Morgan fingerprint density at radius 3 is 2.44 bits per heavy atom. The van der Waals surface area contributed by atoms with E-state index in [1.54, 1.807) is 28.4 Å². The zero-order valence-electron chi connectivity index (χ0n) is 20.0. The number of thiophene rings is 1. The van der Waals surface area contributed by atoms with Gasteiger partial charge in [-0.3, -0.25) is 9.59 Å². The van der Waals surface area contributed by atoms with E-state index in [-0.39, 0.29) is 30.2 Å². The van der Waals surface area contributed by atoms with Crippen molar-refractivity contribution < 1.29 is 14.0 Å². The number of nitrogens with zero attached hydrogens (tertiary/aromatic N) is 2. The molecule has 1 aliphatic heterocycles. The van der Waals surface area contributed by atoms with Crippen molar-refractivity contribution >= 4 is 23.2 Å². The normalized spacial score (nSPS) is 15.6. The average Bonchev–Trinajstić information content (AvgIpc) is 3.30. The number of amides is 2. The van der Waals surface area contributed by atoms with Crippen molar-refractivity contribution in [2.45, 2.75) is 51.6 Å². The van der Waals surface area contributed by atoms with E-state index in [4.69, 9.17) is 0 Å². The Morgan fingerprint density at radius 1 is 1.06 bits per heavy atom. The Hall–Kier alpha value is -2.99. The zero-order valence-corrected chi connectivity index (χ0v) is 20.8. The molecule has 4 rings (SSSR count). The molecule has 1 atom stereocenters. The first kappa shape index (κ1) is 24.1. The summed E-state index contributed by atoms with van der Waals surface area (Å²) in [4.78, 5) is 31.7. The molecule has 2 amide bonds. The van der Waals surface area contributed by atoms with Crippen LogP contribution in [0.15, 0.2) is 66.0 Å². The van der Waals surface area contributed by atoms with Crippen LogP contribution in [0, 0.1) is 5.82 Å². The van der Waals surface area contributed by atoms with Crippen LogP contribution in [0.5, 0.6) is 0 Å². The number of hydrogen-bond acceptors (Lipinski definition) is 3. The molecule has 1 aliphatic rings. The highest BCUT2D eigenvalue weighted by Gasteiger charge is 2.36. The molecule has 34 heavy (non-hydrogen) atoms. The quantitative estimate of drug-likeness (QED) is 0.461. The van der Waals surface area contributed by atoms with E-state index >= 15 is 0 Å². The highest BCUT2D eigenvalue weighted by atomic mass is 32.1. The van der Waals surface area contributed by atoms with Gasteiger partial charge in [0, 0.05) is 23.4 Å². The third-order valence-corrected chi connectivity index (χ3v) is 7.34. The van der Waals surface area contributed by atoms with Gasteiger partial charge in [-0.25, -0.2) is 4.39 Å². The van der Waals surface area contributed by atoms with Crippen LogP contribution in [0.1, 0.15) is 54.8 Å². The summed E-state index contributed by atoms with van der Waals surface area (Å²) in [5, 5.41) is 2.05. The molecule has 0 saturated heterocycles. The predicted octanol–water partition coefficient (Wildman–Crippen LogP) is 5.62. The molecule has 6 heteroatoms. The second-order valence-corrected chi connectivity index (χ2v) is 10.7. The van der Waals surface area contributed by atoms with E-state index in [1.165, 1.54) is 17.0 Å². The lowest BCUT2D eigenvalue weighted by molar-refractivity contribution is -0.145. The van der Waals surface area contributed by atoms with Crippen LogP contribution in [0.3, 0.4) is 0 Å². The summed E-state index contributed by atoms with van der Waals surface area (Å²) in [6.45, 7) is 6.49. The fourth-order valence-electron chi connectivity index (χ4n) is 4.55. The minimum atomic E-state index is -0.488. The summed E-state index contributed by atoms with van der Waals surface area (Å²) in [6.07, 6.45) is 1.78. The zero-order chi connectivity index (χ0) is 24.3. The van der Waals surface area contributed by atoms with Gasteiger partial charge in [-0.1, -0.05) is 42.5 Å². The maximum atomic E-state index is 13.7. The molecule has 4 nitrogen and oxygen atoms in total. The van der Waals surface area contributed by atoms with E-state index in [2.05, 4.69) is 6.07 Å². The number of carbonyl (C=O) groups is 2. The lowest BCUT2D eigenvalue weighted by Gasteiger charge is -2.40. The maximum absolute atomic E-state index is 13.7. The Morgan fingerprint density at radius 2 is 1.76 bits per heavy atom. The molecule has 0 aliphatic carbocycles. The number of hydrogen-bond donors (Lipinski definition) is 0. The lowest BCUT2D eigenvalue weighted by Crippen LogP contribution is -2.52. The molecule has 0 radical (unpaired) electrons. The highest BCUT2D eigenvalue weighted by molar-refractivity contribution is 7.10. The summed E-state index contributed by atoms with van der Waals surface area (Å²) in [5.41, 5.74) is 2.59. The molecule has 0 fully saturated rings. The topological polar surface area (TPSA) is 40.6 Å². The first-order chi connectivity index (χ1) is 16.2. The second kappa shape index (κ2) is 10.1. The van der Waals surface area contributed by atoms with Crippen molar-refractivity contribution in [3.63, 3.8) is 0 Å². The van der Waals surface area contributed by atoms with Crippen molar-refractivity contribution in [3.8, 4) is 0 Å². The van der Waals surface area contributed by atoms with Crippen LogP contribution in [0.4, 0.5) is 4.39 Å². The number of halogens is 1. The van der Waals surface area contributed by atoms with E-state index in [0.29, 0.717) is 19.4 Å². The van der Waals surface area contributed by atoms with Crippen LogP contribution in [-0.2, 0) is 22.4 Å². The third-order valence-electron chi connectivity index (χ3n) is 6.35. The molecule has 1 aromatic heterocycles. The van der Waals surface area contributed by atoms with E-state index in [1.807, 2.05) is 61.4 Å². The Balaban J connectivity index is 1.55. The molecule has 3 aromatic rings. The molecule has 0 N–H and O–H groups in total. The molecular formula is C28H31FN2O2S. The Labute approximate surface area is 205 Å². The van der Waals surface area contributed by atoms with Crippen LogP contribution >= 0.6 is 11.3 Å². The first-order valence-electron chi connectivity index (χ1n) is 11.7. The van der Waals surface area contributed by atoms with Crippen LogP contribution in [0.2, 0.25) is 0 Å². The van der Waals surface area contributed by atoms with Crippen molar-refractivity contribution in [1.82, 2.24) is 9.80 Å². The Kier molecular flexibility index (Phi) is 7.17. The molecule has 0 spiro atoms. The number of fused-ring (bicyclic) bond motifs is 1. The van der Waals surface area contributed by atoms with E-state index in [0.717, 1.165) is 23.1 Å². The van der Waals surface area contributed by atoms with Gasteiger partial charge < -0.3 is 9.80 Å². The van der Waals surface area contributed by atoms with Crippen molar-refractivity contribution in [2.75, 3.05) is 13.1 Å². The molecule has 178 valence electrons. The summed E-state index contributed by atoms with van der Waals surface area (Å²) in [7, 11) is 0. The highest BCUT2D eigenvalue weighted by Crippen LogP contribution is 2.38. The van der Waals surface area contributed by atoms with Crippen molar-refractivity contribution in [3.05, 3.63) is 93.4 Å². The van der Waals surface area contributed by atoms with Gasteiger partial charge in [-0.05, 0) is 73.9 Å². The molecule has 0 saturated carbocycles. The van der Waals surface area contributed by atoms with Crippen molar-refractivity contribution in [2.24, 2.45) is 0 Å². The van der Waals surface area contributed by atoms with Gasteiger partial charge in [0.05, 0.1) is 6.04 Å². The fourth-order valence-corrected chi connectivity index (χ4v) is 5.45.